The quantitative estimate of drug-likeness (QED) is 0.832. The fraction of sp³-hybridized carbons (Fsp3) is 0.333. The molecule has 2 rings (SSSR count). The first-order chi connectivity index (χ1) is 8.90. The molecule has 0 bridgehead atoms. The van der Waals surface area contributed by atoms with Crippen LogP contribution in [0.25, 0.3) is 0 Å². The van der Waals surface area contributed by atoms with Crippen LogP contribution in [0.2, 0.25) is 0 Å². The highest BCUT2D eigenvalue weighted by Gasteiger charge is 2.35. The number of rotatable bonds is 4. The van der Waals surface area contributed by atoms with Gasteiger partial charge in [-0.05, 0) is 18.8 Å². The molecule has 0 saturated heterocycles. The van der Waals surface area contributed by atoms with E-state index in [1.165, 1.54) is 0 Å². The largest absolute Gasteiger partial charge is 0.392 e. The van der Waals surface area contributed by atoms with Crippen LogP contribution in [-0.4, -0.2) is 16.9 Å². The van der Waals surface area contributed by atoms with Gasteiger partial charge < -0.3 is 11.1 Å². The van der Waals surface area contributed by atoms with Gasteiger partial charge in [0.2, 0.25) is 0 Å². The van der Waals surface area contributed by atoms with Crippen molar-refractivity contribution in [2.45, 2.75) is 18.9 Å². The number of nitrogens with one attached hydrogen (secondary N) is 1. The number of carbonyl (C=O) groups excluding carboxylic acids is 1. The summed E-state index contributed by atoms with van der Waals surface area (Å²) < 4.78 is 39.6. The van der Waals surface area contributed by atoms with E-state index in [0.29, 0.717) is 12.1 Å². The zero-order valence-electron chi connectivity index (χ0n) is 9.75. The number of carbonyl (C=O) groups is 1. The zero-order chi connectivity index (χ0) is 14.2. The molecule has 1 saturated carbocycles. The van der Waals surface area contributed by atoms with E-state index >= 15 is 0 Å². The maximum Gasteiger partial charge on any atom is 0.257 e. The summed E-state index contributed by atoms with van der Waals surface area (Å²) in [6, 6.07) is 0.307. The molecule has 0 heterocycles. The molecular weight excluding hydrogens is 277 g/mol. The molecule has 19 heavy (non-hydrogen) atoms. The van der Waals surface area contributed by atoms with Crippen molar-refractivity contribution in [1.29, 1.82) is 0 Å². The van der Waals surface area contributed by atoms with E-state index in [0.717, 1.165) is 12.8 Å². The van der Waals surface area contributed by atoms with Crippen LogP contribution in [0.1, 0.15) is 23.2 Å². The second kappa shape index (κ2) is 5.16. The first-order valence-corrected chi connectivity index (χ1v) is 6.05. The molecule has 1 aliphatic carbocycles. The number of nitrogens with two attached hydrogens (primary N) is 1. The van der Waals surface area contributed by atoms with Crippen LogP contribution in [0.3, 0.4) is 0 Å². The fourth-order valence-corrected chi connectivity index (χ4v) is 2.07. The van der Waals surface area contributed by atoms with E-state index in [4.69, 9.17) is 18.0 Å². The lowest BCUT2D eigenvalue weighted by Gasteiger charge is -2.17. The van der Waals surface area contributed by atoms with Crippen LogP contribution >= 0.6 is 12.2 Å². The number of amides is 1. The summed E-state index contributed by atoms with van der Waals surface area (Å²) in [5.41, 5.74) is 4.64. The van der Waals surface area contributed by atoms with Gasteiger partial charge in [0.05, 0.1) is 11.0 Å². The number of hydrogen-bond donors (Lipinski definition) is 2. The van der Waals surface area contributed by atoms with E-state index in [1.807, 2.05) is 0 Å². The summed E-state index contributed by atoms with van der Waals surface area (Å²) in [5, 5.41) is 2.39. The van der Waals surface area contributed by atoms with Gasteiger partial charge in [0.1, 0.15) is 23.0 Å². The highest BCUT2D eigenvalue weighted by atomic mass is 32.1. The van der Waals surface area contributed by atoms with Crippen LogP contribution in [0.5, 0.6) is 0 Å². The Bertz CT molecular complexity index is 523. The van der Waals surface area contributed by atoms with Crippen LogP contribution < -0.4 is 11.1 Å². The smallest absolute Gasteiger partial charge is 0.257 e. The Kier molecular flexibility index (Phi) is 3.75. The molecule has 1 atom stereocenters. The minimum Gasteiger partial charge on any atom is -0.392 e. The fourth-order valence-electron chi connectivity index (χ4n) is 1.82. The Balaban J connectivity index is 2.22. The highest BCUT2D eigenvalue weighted by molar-refractivity contribution is 7.80. The van der Waals surface area contributed by atoms with Gasteiger partial charge >= 0.3 is 0 Å². The summed E-state index contributed by atoms with van der Waals surface area (Å²) >= 11 is 4.80. The van der Waals surface area contributed by atoms with Crippen molar-refractivity contribution < 1.29 is 18.0 Å². The molecule has 0 aliphatic heterocycles. The molecule has 3 N–H and O–H groups in total. The molecule has 1 amide bonds. The molecule has 0 aromatic heterocycles. The van der Waals surface area contributed by atoms with Crippen molar-refractivity contribution >= 4 is 23.1 Å². The van der Waals surface area contributed by atoms with Gasteiger partial charge in [-0.3, -0.25) is 4.79 Å². The summed E-state index contributed by atoms with van der Waals surface area (Å²) in [6.07, 6.45) is 1.69. The molecule has 1 aromatic carbocycles. The Labute approximate surface area is 113 Å². The number of benzene rings is 1. The number of halogens is 3. The normalized spacial score (nSPS) is 15.9. The molecule has 0 spiro atoms. The first-order valence-electron chi connectivity index (χ1n) is 5.65. The molecule has 3 nitrogen and oxygen atoms in total. The monoisotopic (exact) mass is 288 g/mol. The van der Waals surface area contributed by atoms with Crippen molar-refractivity contribution in [3.05, 3.63) is 35.1 Å². The Morgan fingerprint density at radius 2 is 1.84 bits per heavy atom. The van der Waals surface area contributed by atoms with E-state index in [1.54, 1.807) is 0 Å². The van der Waals surface area contributed by atoms with Crippen LogP contribution in [0.15, 0.2) is 12.1 Å². The molecule has 1 unspecified atom stereocenters. The van der Waals surface area contributed by atoms with Gasteiger partial charge in [-0.25, -0.2) is 13.2 Å². The zero-order valence-corrected chi connectivity index (χ0v) is 10.6. The van der Waals surface area contributed by atoms with Crippen LogP contribution in [0, 0.1) is 23.4 Å². The van der Waals surface area contributed by atoms with Gasteiger partial charge in [0.15, 0.2) is 0 Å². The maximum atomic E-state index is 13.4. The topological polar surface area (TPSA) is 55.1 Å². The summed E-state index contributed by atoms with van der Waals surface area (Å²) in [5.74, 6) is -4.48. The SMILES string of the molecule is NC(=S)C(NC(=O)c1c(F)cc(F)cc1F)C1CC1. The third-order valence-corrected chi connectivity index (χ3v) is 3.17. The molecule has 7 heteroatoms. The average Bonchev–Trinajstić information content (AvgIpc) is 3.07. The second-order valence-electron chi connectivity index (χ2n) is 4.44. The van der Waals surface area contributed by atoms with Gasteiger partial charge in [-0.2, -0.15) is 0 Å². The molecular formula is C12H11F3N2OS. The van der Waals surface area contributed by atoms with Crippen molar-refractivity contribution in [3.63, 3.8) is 0 Å². The minimum absolute atomic E-state index is 0.0683. The van der Waals surface area contributed by atoms with E-state index in [2.05, 4.69) is 5.32 Å². The van der Waals surface area contributed by atoms with E-state index in [-0.39, 0.29) is 10.9 Å². The molecule has 1 aromatic rings. The Morgan fingerprint density at radius 1 is 1.32 bits per heavy atom. The summed E-state index contributed by atoms with van der Waals surface area (Å²) in [7, 11) is 0. The van der Waals surface area contributed by atoms with Gasteiger partial charge in [0.25, 0.3) is 5.91 Å². The summed E-state index contributed by atoms with van der Waals surface area (Å²) in [4.78, 5) is 11.9. The highest BCUT2D eigenvalue weighted by Crippen LogP contribution is 2.33. The first kappa shape index (κ1) is 13.8. The third-order valence-electron chi connectivity index (χ3n) is 2.92. The molecule has 1 aliphatic rings. The van der Waals surface area contributed by atoms with Crippen LogP contribution in [0.4, 0.5) is 13.2 Å². The second-order valence-corrected chi connectivity index (χ2v) is 4.91. The molecule has 1 fully saturated rings. The van der Waals surface area contributed by atoms with E-state index < -0.39 is 35.0 Å². The van der Waals surface area contributed by atoms with Crippen molar-refractivity contribution in [1.82, 2.24) is 5.32 Å². The number of thiocarbonyl (C=S) groups is 1. The number of hydrogen-bond acceptors (Lipinski definition) is 2. The van der Waals surface area contributed by atoms with Crippen molar-refractivity contribution in [2.24, 2.45) is 11.7 Å². The van der Waals surface area contributed by atoms with Crippen molar-refractivity contribution in [3.8, 4) is 0 Å². The molecule has 102 valence electrons. The maximum absolute atomic E-state index is 13.4. The lowest BCUT2D eigenvalue weighted by atomic mass is 10.1. The average molecular weight is 288 g/mol. The van der Waals surface area contributed by atoms with Gasteiger partial charge in [-0.15, -0.1) is 0 Å². The van der Waals surface area contributed by atoms with E-state index in [9.17, 15) is 18.0 Å². The van der Waals surface area contributed by atoms with Crippen molar-refractivity contribution in [2.75, 3.05) is 0 Å². The van der Waals surface area contributed by atoms with Crippen LogP contribution in [-0.2, 0) is 0 Å². The minimum atomic E-state index is -1.26. The molecule has 0 radical (unpaired) electrons. The Hall–Kier alpha value is -1.63. The lowest BCUT2D eigenvalue weighted by molar-refractivity contribution is 0.0935. The van der Waals surface area contributed by atoms with Gasteiger partial charge in [-0.1, -0.05) is 12.2 Å². The predicted octanol–water partition coefficient (Wildman–Crippen LogP) is 1.90. The van der Waals surface area contributed by atoms with Gasteiger partial charge in [0, 0.05) is 12.1 Å². The predicted molar refractivity (Wildman–Crippen MR) is 67.1 cm³/mol. The lowest BCUT2D eigenvalue weighted by Crippen LogP contribution is -2.45. The summed E-state index contributed by atoms with van der Waals surface area (Å²) in [6.45, 7) is 0. The Morgan fingerprint density at radius 3 is 2.26 bits per heavy atom. The third kappa shape index (κ3) is 3.04. The standard InChI is InChI=1S/C12H11F3N2OS/c13-6-3-7(14)9(8(15)4-6)12(18)17-10(11(16)19)5-1-2-5/h3-5,10H,1-2H2,(H2,16,19)(H,17,18).